The van der Waals surface area contributed by atoms with Gasteiger partial charge < -0.3 is 10.5 Å². The zero-order valence-corrected chi connectivity index (χ0v) is 6.72. The van der Waals surface area contributed by atoms with Crippen LogP contribution in [0, 0.1) is 5.82 Å². The van der Waals surface area contributed by atoms with Crippen molar-refractivity contribution in [1.82, 2.24) is 4.98 Å². The molecule has 72 valence electrons. The molecule has 0 amide bonds. The Labute approximate surface area is 72.3 Å². The topological polar surface area (TPSA) is 48.1 Å². The van der Waals surface area contributed by atoms with Crippen molar-refractivity contribution in [1.29, 1.82) is 0 Å². The third-order valence-electron chi connectivity index (χ3n) is 1.38. The third kappa shape index (κ3) is 1.82. The van der Waals surface area contributed by atoms with Crippen LogP contribution in [0.4, 0.5) is 19.0 Å². The fourth-order valence-electron chi connectivity index (χ4n) is 0.890. The van der Waals surface area contributed by atoms with E-state index in [9.17, 15) is 13.2 Å². The molecule has 0 radical (unpaired) electrons. The molecule has 0 unspecified atom stereocenters. The maximum atomic E-state index is 12.9. The van der Waals surface area contributed by atoms with E-state index < -0.39 is 23.7 Å². The summed E-state index contributed by atoms with van der Waals surface area (Å²) in [6.45, 7) is 0. The average Bonchev–Trinajstić information content (AvgIpc) is 2.02. The fraction of sp³-hybridized carbons (Fsp3) is 0.286. The molecular formula is C7H7F3N2O. The Morgan fingerprint density at radius 1 is 1.54 bits per heavy atom. The van der Waals surface area contributed by atoms with Crippen LogP contribution in [0.5, 0.6) is 5.75 Å². The molecule has 1 heterocycles. The van der Waals surface area contributed by atoms with Crippen molar-refractivity contribution in [2.24, 2.45) is 0 Å². The lowest BCUT2D eigenvalue weighted by molar-refractivity contribution is 0.140. The van der Waals surface area contributed by atoms with Gasteiger partial charge >= 0.3 is 0 Å². The SMILES string of the molecule is COc1c(F)cc(N)nc1C(F)F. The minimum absolute atomic E-state index is 0.298. The number of rotatable bonds is 2. The van der Waals surface area contributed by atoms with Crippen LogP contribution in [-0.2, 0) is 0 Å². The molecule has 0 aromatic carbocycles. The Kier molecular flexibility index (Phi) is 2.60. The smallest absolute Gasteiger partial charge is 0.284 e. The Morgan fingerprint density at radius 3 is 2.62 bits per heavy atom. The van der Waals surface area contributed by atoms with Crippen molar-refractivity contribution in [3.8, 4) is 5.75 Å². The fourth-order valence-corrected chi connectivity index (χ4v) is 0.890. The second kappa shape index (κ2) is 3.51. The molecule has 1 aromatic rings. The van der Waals surface area contributed by atoms with Gasteiger partial charge in [0.05, 0.1) is 7.11 Å². The number of methoxy groups -OCH3 is 1. The molecule has 0 saturated heterocycles. The molecule has 6 heteroatoms. The van der Waals surface area contributed by atoms with Crippen molar-refractivity contribution in [3.05, 3.63) is 17.6 Å². The van der Waals surface area contributed by atoms with Gasteiger partial charge in [-0.2, -0.15) is 0 Å². The first-order valence-electron chi connectivity index (χ1n) is 3.34. The summed E-state index contributed by atoms with van der Waals surface area (Å²) >= 11 is 0. The van der Waals surface area contributed by atoms with Gasteiger partial charge in [0.2, 0.25) is 0 Å². The molecule has 0 bridgehead atoms. The Bertz CT molecular complexity index is 317. The third-order valence-corrected chi connectivity index (χ3v) is 1.38. The predicted molar refractivity (Wildman–Crippen MR) is 40.1 cm³/mol. The molecule has 0 aliphatic rings. The number of nitrogens with two attached hydrogens (primary N) is 1. The molecule has 2 N–H and O–H groups in total. The van der Waals surface area contributed by atoms with E-state index in [1.807, 2.05) is 0 Å². The van der Waals surface area contributed by atoms with Gasteiger partial charge in [0, 0.05) is 6.07 Å². The van der Waals surface area contributed by atoms with E-state index in [0.717, 1.165) is 13.2 Å². The maximum Gasteiger partial charge on any atom is 0.284 e. The van der Waals surface area contributed by atoms with Crippen molar-refractivity contribution >= 4 is 5.82 Å². The van der Waals surface area contributed by atoms with Gasteiger partial charge in [-0.15, -0.1) is 0 Å². The lowest BCUT2D eigenvalue weighted by Gasteiger charge is -2.07. The summed E-state index contributed by atoms with van der Waals surface area (Å²) in [6, 6.07) is 0.824. The Morgan fingerprint density at radius 2 is 2.15 bits per heavy atom. The molecule has 0 aliphatic carbocycles. The molecule has 0 aliphatic heterocycles. The summed E-state index contributed by atoms with van der Waals surface area (Å²) in [5, 5.41) is 0. The van der Waals surface area contributed by atoms with Crippen molar-refractivity contribution in [2.75, 3.05) is 12.8 Å². The van der Waals surface area contributed by atoms with Crippen LogP contribution in [0.3, 0.4) is 0 Å². The van der Waals surface area contributed by atoms with E-state index in [2.05, 4.69) is 9.72 Å². The number of nitrogens with zero attached hydrogens (tertiary/aromatic N) is 1. The van der Waals surface area contributed by atoms with E-state index in [-0.39, 0.29) is 5.82 Å². The molecule has 0 saturated carbocycles. The maximum absolute atomic E-state index is 12.9. The van der Waals surface area contributed by atoms with Gasteiger partial charge in [-0.05, 0) is 0 Å². The second-order valence-corrected chi connectivity index (χ2v) is 2.25. The monoisotopic (exact) mass is 192 g/mol. The summed E-state index contributed by atoms with van der Waals surface area (Å²) in [4.78, 5) is 3.27. The highest BCUT2D eigenvalue weighted by atomic mass is 19.3. The molecule has 1 aromatic heterocycles. The number of hydrogen-bond acceptors (Lipinski definition) is 3. The van der Waals surface area contributed by atoms with E-state index >= 15 is 0 Å². The van der Waals surface area contributed by atoms with Gasteiger partial charge in [0.1, 0.15) is 5.82 Å². The summed E-state index contributed by atoms with van der Waals surface area (Å²) < 4.78 is 41.7. The highest BCUT2D eigenvalue weighted by Crippen LogP contribution is 2.30. The number of pyridine rings is 1. The number of halogens is 3. The largest absolute Gasteiger partial charge is 0.492 e. The van der Waals surface area contributed by atoms with Gasteiger partial charge in [-0.1, -0.05) is 0 Å². The predicted octanol–water partition coefficient (Wildman–Crippen LogP) is 1.75. The van der Waals surface area contributed by atoms with E-state index in [0.29, 0.717) is 0 Å². The van der Waals surface area contributed by atoms with Gasteiger partial charge in [0.15, 0.2) is 17.3 Å². The quantitative estimate of drug-likeness (QED) is 0.776. The minimum Gasteiger partial charge on any atom is -0.492 e. The highest BCUT2D eigenvalue weighted by Gasteiger charge is 2.20. The molecule has 0 fully saturated rings. The van der Waals surface area contributed by atoms with Crippen LogP contribution in [0.25, 0.3) is 0 Å². The zero-order chi connectivity index (χ0) is 10.0. The summed E-state index contributed by atoms with van der Waals surface area (Å²) in [5.74, 6) is -1.80. The first kappa shape index (κ1) is 9.63. The Balaban J connectivity index is 3.29. The van der Waals surface area contributed by atoms with E-state index in [1.54, 1.807) is 0 Å². The van der Waals surface area contributed by atoms with Crippen LogP contribution in [0.2, 0.25) is 0 Å². The second-order valence-electron chi connectivity index (χ2n) is 2.25. The molecule has 13 heavy (non-hydrogen) atoms. The van der Waals surface area contributed by atoms with Crippen LogP contribution in [-0.4, -0.2) is 12.1 Å². The van der Waals surface area contributed by atoms with Crippen molar-refractivity contribution in [2.45, 2.75) is 6.43 Å². The number of anilines is 1. The van der Waals surface area contributed by atoms with Crippen LogP contribution in [0.15, 0.2) is 6.07 Å². The first-order chi connectivity index (χ1) is 6.06. The summed E-state index contributed by atoms with van der Waals surface area (Å²) in [5.41, 5.74) is 4.30. The highest BCUT2D eigenvalue weighted by molar-refractivity contribution is 5.40. The standard InChI is InChI=1S/C7H7F3N2O/c1-13-6-3(8)2-4(11)12-5(6)7(9)10/h2,7H,1H3,(H2,11,12). The summed E-state index contributed by atoms with van der Waals surface area (Å²) in [6.07, 6.45) is -2.91. The van der Waals surface area contributed by atoms with Crippen molar-refractivity contribution in [3.63, 3.8) is 0 Å². The van der Waals surface area contributed by atoms with E-state index in [1.165, 1.54) is 0 Å². The lowest BCUT2D eigenvalue weighted by atomic mass is 10.3. The number of alkyl halides is 2. The zero-order valence-electron chi connectivity index (χ0n) is 6.72. The van der Waals surface area contributed by atoms with Crippen molar-refractivity contribution < 1.29 is 17.9 Å². The molecule has 0 spiro atoms. The lowest BCUT2D eigenvalue weighted by Crippen LogP contribution is -2.02. The average molecular weight is 192 g/mol. The molecular weight excluding hydrogens is 185 g/mol. The van der Waals surface area contributed by atoms with Crippen LogP contribution >= 0.6 is 0 Å². The number of hydrogen-bond donors (Lipinski definition) is 1. The molecule has 3 nitrogen and oxygen atoms in total. The van der Waals surface area contributed by atoms with Crippen LogP contribution < -0.4 is 10.5 Å². The number of aromatic nitrogens is 1. The Hall–Kier alpha value is -1.46. The van der Waals surface area contributed by atoms with Gasteiger partial charge in [-0.25, -0.2) is 18.2 Å². The van der Waals surface area contributed by atoms with Gasteiger partial charge in [0.25, 0.3) is 6.43 Å². The minimum atomic E-state index is -2.91. The normalized spacial score (nSPS) is 10.5. The number of ether oxygens (including phenoxy) is 1. The van der Waals surface area contributed by atoms with Crippen LogP contribution in [0.1, 0.15) is 12.1 Å². The number of nitrogen functional groups attached to an aromatic ring is 1. The summed E-state index contributed by atoms with van der Waals surface area (Å²) in [7, 11) is 1.09. The molecule has 0 atom stereocenters. The van der Waals surface area contributed by atoms with Gasteiger partial charge in [-0.3, -0.25) is 0 Å². The molecule has 1 rings (SSSR count). The van der Waals surface area contributed by atoms with E-state index in [4.69, 9.17) is 5.73 Å². The first-order valence-corrected chi connectivity index (χ1v) is 3.34.